The number of benzene rings is 1. The fourth-order valence-corrected chi connectivity index (χ4v) is 3.83. The van der Waals surface area contributed by atoms with Gasteiger partial charge in [-0.15, -0.1) is 0 Å². The van der Waals surface area contributed by atoms with E-state index in [1.54, 1.807) is 12.1 Å². The Kier molecular flexibility index (Phi) is 3.45. The van der Waals surface area contributed by atoms with Gasteiger partial charge < -0.3 is 15.0 Å². The number of aryl methyl sites for hydroxylation is 1. The molecule has 2 aromatic rings. The molecule has 23 heavy (non-hydrogen) atoms. The second-order valence-electron chi connectivity index (χ2n) is 6.23. The molecule has 3 heterocycles. The zero-order valence-electron chi connectivity index (χ0n) is 13.2. The van der Waals surface area contributed by atoms with Crippen molar-refractivity contribution in [1.29, 1.82) is 0 Å². The monoisotopic (exact) mass is 313 g/mol. The molecule has 1 N–H and O–H groups in total. The van der Waals surface area contributed by atoms with Gasteiger partial charge in [0.25, 0.3) is 0 Å². The van der Waals surface area contributed by atoms with Crippen LogP contribution in [0, 0.1) is 5.82 Å². The summed E-state index contributed by atoms with van der Waals surface area (Å²) in [6, 6.07) is 9.52. The van der Waals surface area contributed by atoms with E-state index in [1.807, 2.05) is 12.3 Å². The summed E-state index contributed by atoms with van der Waals surface area (Å²) in [5.41, 5.74) is 2.25. The van der Waals surface area contributed by atoms with Gasteiger partial charge in [-0.1, -0.05) is 6.07 Å². The average molecular weight is 313 g/mol. The van der Waals surface area contributed by atoms with Crippen LogP contribution in [0.25, 0.3) is 0 Å². The fraction of sp³-hybridized carbons (Fsp3) is 0.389. The summed E-state index contributed by atoms with van der Waals surface area (Å²) in [5, 5.41) is 3.51. The summed E-state index contributed by atoms with van der Waals surface area (Å²) in [6.07, 6.45) is 3.64. The van der Waals surface area contributed by atoms with Crippen molar-refractivity contribution in [3.8, 4) is 5.75 Å². The number of nitrogens with zero attached hydrogens (tertiary/aromatic N) is 2. The predicted molar refractivity (Wildman–Crippen MR) is 87.4 cm³/mol. The Morgan fingerprint density at radius 3 is 3.09 bits per heavy atom. The third-order valence-electron chi connectivity index (χ3n) is 5.05. The lowest BCUT2D eigenvalue weighted by atomic mass is 9.84. The number of anilines is 1. The summed E-state index contributed by atoms with van der Waals surface area (Å²) >= 11 is 0. The van der Waals surface area contributed by atoms with Crippen molar-refractivity contribution < 1.29 is 9.13 Å². The normalized spacial score (nSPS) is 22.1. The van der Waals surface area contributed by atoms with Crippen LogP contribution in [0.3, 0.4) is 0 Å². The van der Waals surface area contributed by atoms with Crippen LogP contribution in [0.1, 0.15) is 17.5 Å². The van der Waals surface area contributed by atoms with Crippen molar-refractivity contribution in [2.45, 2.75) is 18.4 Å². The van der Waals surface area contributed by atoms with Gasteiger partial charge in [-0.05, 0) is 48.2 Å². The molecule has 1 unspecified atom stereocenters. The number of nitrogens with one attached hydrogen (secondary N) is 1. The first-order chi connectivity index (χ1) is 11.2. The van der Waals surface area contributed by atoms with Crippen molar-refractivity contribution in [3.63, 3.8) is 0 Å². The molecule has 4 nitrogen and oxygen atoms in total. The van der Waals surface area contributed by atoms with Gasteiger partial charge in [0.05, 0.1) is 12.6 Å². The molecule has 0 spiro atoms. The molecule has 2 aliphatic heterocycles. The molecule has 0 aliphatic carbocycles. The molecule has 4 rings (SSSR count). The Balaban J connectivity index is 1.58. The summed E-state index contributed by atoms with van der Waals surface area (Å²) in [4.78, 5) is 6.89. The third kappa shape index (κ3) is 2.27. The van der Waals surface area contributed by atoms with Crippen molar-refractivity contribution in [3.05, 3.63) is 53.5 Å². The summed E-state index contributed by atoms with van der Waals surface area (Å²) in [7, 11) is 1.49. The number of ether oxygens (including phenoxy) is 1. The summed E-state index contributed by atoms with van der Waals surface area (Å²) < 4.78 is 18.9. The van der Waals surface area contributed by atoms with Gasteiger partial charge in [0, 0.05) is 25.8 Å². The molecule has 0 saturated carbocycles. The topological polar surface area (TPSA) is 37.4 Å². The lowest BCUT2D eigenvalue weighted by Crippen LogP contribution is -2.57. The van der Waals surface area contributed by atoms with Crippen LogP contribution >= 0.6 is 0 Å². The van der Waals surface area contributed by atoms with Crippen LogP contribution in [0.15, 0.2) is 36.5 Å². The van der Waals surface area contributed by atoms with Crippen molar-refractivity contribution >= 4 is 5.82 Å². The maximum atomic E-state index is 13.9. The van der Waals surface area contributed by atoms with Gasteiger partial charge >= 0.3 is 0 Å². The van der Waals surface area contributed by atoms with Crippen LogP contribution in [-0.2, 0) is 12.0 Å². The van der Waals surface area contributed by atoms with E-state index in [2.05, 4.69) is 27.3 Å². The van der Waals surface area contributed by atoms with E-state index in [0.29, 0.717) is 5.75 Å². The number of fused-ring (bicyclic) bond motifs is 5. The van der Waals surface area contributed by atoms with Crippen LogP contribution in [-0.4, -0.2) is 31.7 Å². The van der Waals surface area contributed by atoms with Gasteiger partial charge in [-0.3, -0.25) is 0 Å². The first-order valence-corrected chi connectivity index (χ1v) is 8.00. The number of pyridine rings is 1. The Bertz CT molecular complexity index is 736. The molecule has 2 bridgehead atoms. The van der Waals surface area contributed by atoms with E-state index in [1.165, 1.54) is 12.7 Å². The SMILES string of the molecule is COc1ccc(CCC23CNCCN2c2cc3ccn2)cc1F. The predicted octanol–water partition coefficient (Wildman–Crippen LogP) is 2.48. The maximum Gasteiger partial charge on any atom is 0.165 e. The lowest BCUT2D eigenvalue weighted by molar-refractivity contribution is 0.321. The fourth-order valence-electron chi connectivity index (χ4n) is 3.83. The molecular weight excluding hydrogens is 293 g/mol. The van der Waals surface area contributed by atoms with Crippen LogP contribution in [0.4, 0.5) is 10.2 Å². The van der Waals surface area contributed by atoms with E-state index in [-0.39, 0.29) is 11.4 Å². The first kappa shape index (κ1) is 14.5. The third-order valence-corrected chi connectivity index (χ3v) is 5.05. The summed E-state index contributed by atoms with van der Waals surface area (Å²) in [5.74, 6) is 1.06. The number of rotatable bonds is 4. The lowest BCUT2D eigenvalue weighted by Gasteiger charge is -2.44. The summed E-state index contributed by atoms with van der Waals surface area (Å²) in [6.45, 7) is 2.83. The van der Waals surface area contributed by atoms with Crippen molar-refractivity contribution in [1.82, 2.24) is 10.3 Å². The van der Waals surface area contributed by atoms with E-state index < -0.39 is 0 Å². The number of methoxy groups -OCH3 is 1. The second-order valence-corrected chi connectivity index (χ2v) is 6.23. The standard InChI is InChI=1S/C18H20FN3O/c1-23-16-3-2-13(10-15(16)19)4-6-18-12-20-8-9-22(18)17-11-14(18)5-7-21-17/h2-3,5,7,10-11,20H,4,6,8-9,12H2,1H3. The number of piperazine rings is 1. The average Bonchev–Trinajstić information content (AvgIpc) is 2.81. The molecule has 1 fully saturated rings. The Morgan fingerprint density at radius 2 is 2.26 bits per heavy atom. The molecule has 1 saturated heterocycles. The van der Waals surface area contributed by atoms with E-state index >= 15 is 0 Å². The van der Waals surface area contributed by atoms with Gasteiger partial charge in [0.1, 0.15) is 5.82 Å². The number of hydrogen-bond donors (Lipinski definition) is 1. The van der Waals surface area contributed by atoms with Gasteiger partial charge in [-0.2, -0.15) is 0 Å². The van der Waals surface area contributed by atoms with E-state index in [0.717, 1.165) is 43.9 Å². The highest BCUT2D eigenvalue weighted by molar-refractivity contribution is 5.56. The minimum absolute atomic E-state index is 0.0551. The molecule has 120 valence electrons. The van der Waals surface area contributed by atoms with Crippen molar-refractivity contribution in [2.75, 3.05) is 31.6 Å². The number of aromatic nitrogens is 1. The van der Waals surface area contributed by atoms with E-state index in [9.17, 15) is 4.39 Å². The van der Waals surface area contributed by atoms with Crippen LogP contribution < -0.4 is 15.0 Å². The molecule has 1 aromatic heterocycles. The van der Waals surface area contributed by atoms with Crippen molar-refractivity contribution in [2.24, 2.45) is 0 Å². The molecule has 0 amide bonds. The molecule has 0 radical (unpaired) electrons. The molecule has 2 aliphatic rings. The first-order valence-electron chi connectivity index (χ1n) is 8.00. The second kappa shape index (κ2) is 5.49. The Labute approximate surface area is 135 Å². The highest BCUT2D eigenvalue weighted by Crippen LogP contribution is 2.43. The van der Waals surface area contributed by atoms with Gasteiger partial charge in [-0.25, -0.2) is 9.37 Å². The quantitative estimate of drug-likeness (QED) is 0.941. The van der Waals surface area contributed by atoms with E-state index in [4.69, 9.17) is 4.74 Å². The number of hydrogen-bond acceptors (Lipinski definition) is 4. The van der Waals surface area contributed by atoms with Gasteiger partial charge in [0.15, 0.2) is 11.6 Å². The Hall–Kier alpha value is -2.14. The van der Waals surface area contributed by atoms with Gasteiger partial charge in [0.2, 0.25) is 0 Å². The number of halogens is 1. The minimum Gasteiger partial charge on any atom is -0.494 e. The van der Waals surface area contributed by atoms with Crippen LogP contribution in [0.5, 0.6) is 5.75 Å². The zero-order valence-corrected chi connectivity index (χ0v) is 13.2. The highest BCUT2D eigenvalue weighted by Gasteiger charge is 2.45. The largest absolute Gasteiger partial charge is 0.494 e. The highest BCUT2D eigenvalue weighted by atomic mass is 19.1. The van der Waals surface area contributed by atoms with Crippen LogP contribution in [0.2, 0.25) is 0 Å². The molecule has 1 aromatic carbocycles. The Morgan fingerprint density at radius 1 is 1.35 bits per heavy atom. The molecule has 5 heteroatoms. The zero-order chi connectivity index (χ0) is 15.9. The minimum atomic E-state index is -0.297. The molecule has 1 atom stereocenters. The maximum absolute atomic E-state index is 13.9. The smallest absolute Gasteiger partial charge is 0.165 e. The molecular formula is C18H20FN3O.